The van der Waals surface area contributed by atoms with Gasteiger partial charge in [-0.2, -0.15) is 0 Å². The lowest BCUT2D eigenvalue weighted by molar-refractivity contribution is 0.0944. The fourth-order valence-corrected chi connectivity index (χ4v) is 2.46. The summed E-state index contributed by atoms with van der Waals surface area (Å²) in [5.41, 5.74) is 2.74. The van der Waals surface area contributed by atoms with Gasteiger partial charge in [0.15, 0.2) is 5.78 Å². The number of carbonyl (C=O) groups excluding carboxylic acids is 2. The zero-order chi connectivity index (χ0) is 15.3. The predicted octanol–water partition coefficient (Wildman–Crippen LogP) is 2.24. The van der Waals surface area contributed by atoms with Crippen molar-refractivity contribution >= 4 is 24.1 Å². The molecular formula is C15H26ClN3O2. The molecule has 1 atom stereocenters. The third-order valence-electron chi connectivity index (χ3n) is 3.35. The van der Waals surface area contributed by atoms with Crippen molar-refractivity contribution in [1.82, 2.24) is 15.6 Å². The highest BCUT2D eigenvalue weighted by Gasteiger charge is 2.21. The van der Waals surface area contributed by atoms with Crippen molar-refractivity contribution in [2.24, 2.45) is 0 Å². The summed E-state index contributed by atoms with van der Waals surface area (Å²) in [5.74, 6) is -0.155. The average molecular weight is 316 g/mol. The zero-order valence-corrected chi connectivity index (χ0v) is 14.2. The zero-order valence-electron chi connectivity index (χ0n) is 13.4. The Morgan fingerprint density at radius 2 is 1.90 bits per heavy atom. The summed E-state index contributed by atoms with van der Waals surface area (Å²) in [6.45, 7) is 10.8. The second-order valence-electron chi connectivity index (χ2n) is 5.06. The Morgan fingerprint density at radius 3 is 2.38 bits per heavy atom. The molecule has 0 aliphatic rings. The highest BCUT2D eigenvalue weighted by atomic mass is 35.5. The molecule has 0 aliphatic heterocycles. The number of Topliss-reactive ketones (excluding diaryl/α,β-unsaturated/α-hetero) is 1. The SMILES string of the molecule is CCN[C@H](C)CNC(=O)c1[nH]c(C)c(C(C)=O)c1CC.Cl. The fourth-order valence-electron chi connectivity index (χ4n) is 2.46. The number of ketones is 1. The van der Waals surface area contributed by atoms with Gasteiger partial charge in [-0.15, -0.1) is 12.4 Å². The van der Waals surface area contributed by atoms with E-state index >= 15 is 0 Å². The minimum absolute atomic E-state index is 0. The summed E-state index contributed by atoms with van der Waals surface area (Å²) < 4.78 is 0. The molecule has 1 aromatic rings. The van der Waals surface area contributed by atoms with Crippen LogP contribution in [0.5, 0.6) is 0 Å². The van der Waals surface area contributed by atoms with Gasteiger partial charge in [-0.3, -0.25) is 9.59 Å². The van der Waals surface area contributed by atoms with Gasteiger partial charge in [0.2, 0.25) is 0 Å². The van der Waals surface area contributed by atoms with Gasteiger partial charge >= 0.3 is 0 Å². The first-order valence-corrected chi connectivity index (χ1v) is 7.16. The van der Waals surface area contributed by atoms with Crippen molar-refractivity contribution in [1.29, 1.82) is 0 Å². The maximum Gasteiger partial charge on any atom is 0.268 e. The lowest BCUT2D eigenvalue weighted by atomic mass is 10.0. The van der Waals surface area contributed by atoms with Crippen LogP contribution >= 0.6 is 12.4 Å². The number of nitrogens with one attached hydrogen (secondary N) is 3. The van der Waals surface area contributed by atoms with Gasteiger partial charge < -0.3 is 15.6 Å². The number of aromatic nitrogens is 1. The van der Waals surface area contributed by atoms with Gasteiger partial charge in [0.1, 0.15) is 5.69 Å². The number of hydrogen-bond donors (Lipinski definition) is 3. The Kier molecular flexibility index (Phi) is 8.29. The number of amides is 1. The number of aromatic amines is 1. The standard InChI is InChI=1S/C15H25N3O2.ClH/c1-6-12-13(11(5)19)10(4)18-14(12)15(20)17-8-9(3)16-7-2;/h9,16,18H,6-8H2,1-5H3,(H,17,20);1H/t9-;/m1./s1. The molecule has 6 heteroatoms. The van der Waals surface area contributed by atoms with E-state index in [9.17, 15) is 9.59 Å². The van der Waals surface area contributed by atoms with E-state index < -0.39 is 0 Å². The molecule has 0 aliphatic carbocycles. The van der Waals surface area contributed by atoms with Gasteiger partial charge in [0.25, 0.3) is 5.91 Å². The van der Waals surface area contributed by atoms with Crippen LogP contribution in [0.3, 0.4) is 0 Å². The van der Waals surface area contributed by atoms with Crippen LogP contribution in [0.15, 0.2) is 0 Å². The quantitative estimate of drug-likeness (QED) is 0.676. The normalized spacial score (nSPS) is 11.7. The molecule has 1 rings (SSSR count). The molecule has 0 radical (unpaired) electrons. The molecule has 3 N–H and O–H groups in total. The summed E-state index contributed by atoms with van der Waals surface area (Å²) in [6, 6.07) is 0.220. The monoisotopic (exact) mass is 315 g/mol. The Balaban J connectivity index is 0.00000400. The van der Waals surface area contributed by atoms with Crippen molar-refractivity contribution < 1.29 is 9.59 Å². The van der Waals surface area contributed by atoms with E-state index in [1.807, 2.05) is 27.7 Å². The molecule has 5 nitrogen and oxygen atoms in total. The summed E-state index contributed by atoms with van der Waals surface area (Å²) in [4.78, 5) is 27.0. The topological polar surface area (TPSA) is 74.0 Å². The van der Waals surface area contributed by atoms with Crippen LogP contribution in [0.25, 0.3) is 0 Å². The number of likely N-dealkylation sites (N-methyl/N-ethyl adjacent to an activating group) is 1. The van der Waals surface area contributed by atoms with E-state index in [1.165, 1.54) is 6.92 Å². The largest absolute Gasteiger partial charge is 0.354 e. The van der Waals surface area contributed by atoms with E-state index in [4.69, 9.17) is 0 Å². The average Bonchev–Trinajstić information content (AvgIpc) is 2.73. The Labute approximate surface area is 132 Å². The summed E-state index contributed by atoms with van der Waals surface area (Å²) >= 11 is 0. The van der Waals surface area contributed by atoms with E-state index in [1.54, 1.807) is 0 Å². The van der Waals surface area contributed by atoms with Crippen LogP contribution in [0.1, 0.15) is 59.8 Å². The molecule has 0 saturated carbocycles. The molecule has 1 amide bonds. The van der Waals surface area contributed by atoms with Gasteiger partial charge in [-0.25, -0.2) is 0 Å². The maximum absolute atomic E-state index is 12.2. The van der Waals surface area contributed by atoms with Gasteiger partial charge in [-0.1, -0.05) is 13.8 Å². The fraction of sp³-hybridized carbons (Fsp3) is 0.600. The maximum atomic E-state index is 12.2. The molecular weight excluding hydrogens is 290 g/mol. The van der Waals surface area contributed by atoms with E-state index in [-0.39, 0.29) is 30.1 Å². The van der Waals surface area contributed by atoms with Gasteiger partial charge in [0.05, 0.1) is 0 Å². The minimum atomic E-state index is -0.151. The Bertz CT molecular complexity index is 497. The molecule has 0 aromatic carbocycles. The Hall–Kier alpha value is -1.33. The number of carbonyl (C=O) groups is 2. The molecule has 21 heavy (non-hydrogen) atoms. The van der Waals surface area contributed by atoms with E-state index in [2.05, 4.69) is 15.6 Å². The van der Waals surface area contributed by atoms with E-state index in [0.29, 0.717) is 24.2 Å². The first-order valence-electron chi connectivity index (χ1n) is 7.16. The molecule has 0 bridgehead atoms. The van der Waals surface area contributed by atoms with Crippen molar-refractivity contribution in [3.05, 3.63) is 22.5 Å². The first kappa shape index (κ1) is 19.7. The van der Waals surface area contributed by atoms with Crippen LogP contribution in [0, 0.1) is 6.92 Å². The predicted molar refractivity (Wildman–Crippen MR) is 87.6 cm³/mol. The number of hydrogen-bond acceptors (Lipinski definition) is 3. The highest BCUT2D eigenvalue weighted by Crippen LogP contribution is 2.20. The van der Waals surface area contributed by atoms with Gasteiger partial charge in [-0.05, 0) is 39.3 Å². The molecule has 0 unspecified atom stereocenters. The second kappa shape index (κ2) is 8.85. The molecule has 1 aromatic heterocycles. The van der Waals surface area contributed by atoms with Crippen molar-refractivity contribution in [3.63, 3.8) is 0 Å². The third-order valence-corrected chi connectivity index (χ3v) is 3.35. The van der Waals surface area contributed by atoms with E-state index in [0.717, 1.165) is 17.8 Å². The summed E-state index contributed by atoms with van der Waals surface area (Å²) in [6.07, 6.45) is 0.658. The van der Waals surface area contributed by atoms with Crippen molar-refractivity contribution in [2.45, 2.75) is 47.1 Å². The van der Waals surface area contributed by atoms with Gasteiger partial charge in [0, 0.05) is 23.8 Å². The smallest absolute Gasteiger partial charge is 0.268 e. The van der Waals surface area contributed by atoms with Crippen LogP contribution < -0.4 is 10.6 Å². The number of H-pyrrole nitrogens is 1. The number of halogens is 1. The van der Waals surface area contributed by atoms with Crippen molar-refractivity contribution in [2.75, 3.05) is 13.1 Å². The van der Waals surface area contributed by atoms with Crippen LogP contribution in [0.2, 0.25) is 0 Å². The minimum Gasteiger partial charge on any atom is -0.354 e. The second-order valence-corrected chi connectivity index (χ2v) is 5.06. The lowest BCUT2D eigenvalue weighted by Gasteiger charge is -2.13. The highest BCUT2D eigenvalue weighted by molar-refractivity contribution is 6.02. The molecule has 0 spiro atoms. The van der Waals surface area contributed by atoms with Crippen LogP contribution in [-0.2, 0) is 6.42 Å². The third kappa shape index (κ3) is 4.86. The number of aryl methyl sites for hydroxylation is 1. The van der Waals surface area contributed by atoms with Crippen LogP contribution in [-0.4, -0.2) is 35.8 Å². The molecule has 120 valence electrons. The number of rotatable bonds is 7. The molecule has 0 fully saturated rings. The summed E-state index contributed by atoms with van der Waals surface area (Å²) in [5, 5.41) is 6.13. The molecule has 1 heterocycles. The Morgan fingerprint density at radius 1 is 1.29 bits per heavy atom. The van der Waals surface area contributed by atoms with Crippen molar-refractivity contribution in [3.8, 4) is 0 Å². The van der Waals surface area contributed by atoms with Crippen LogP contribution in [0.4, 0.5) is 0 Å². The summed E-state index contributed by atoms with van der Waals surface area (Å²) in [7, 11) is 0. The molecule has 0 saturated heterocycles. The first-order chi connectivity index (χ1) is 9.42. The lowest BCUT2D eigenvalue weighted by Crippen LogP contribution is -2.39.